The lowest BCUT2D eigenvalue weighted by molar-refractivity contribution is -0.380. The van der Waals surface area contributed by atoms with E-state index in [0.717, 1.165) is 17.5 Å². The Kier molecular flexibility index (Phi) is 3.53. The molecule has 1 N–H and O–H groups in total. The number of rotatable bonds is 3. The SMILES string of the molecule is C[C@@H](Br)C(=O)Nc1ncc([N+](=O)[O-])s1. The maximum Gasteiger partial charge on any atom is 0.345 e. The first kappa shape index (κ1) is 11.1. The molecule has 0 saturated heterocycles. The number of nitro groups is 1. The Morgan fingerprint density at radius 3 is 2.93 bits per heavy atom. The molecule has 1 rings (SSSR count). The number of hydrogen-bond donors (Lipinski definition) is 1. The molecule has 8 heteroatoms. The minimum atomic E-state index is -0.551. The van der Waals surface area contributed by atoms with Crippen molar-refractivity contribution >= 4 is 43.3 Å². The van der Waals surface area contributed by atoms with Gasteiger partial charge in [0.2, 0.25) is 5.91 Å². The Morgan fingerprint density at radius 1 is 1.86 bits per heavy atom. The van der Waals surface area contributed by atoms with Crippen LogP contribution >= 0.6 is 27.3 Å². The molecule has 1 atom stereocenters. The van der Waals surface area contributed by atoms with E-state index in [4.69, 9.17) is 0 Å². The molecule has 1 aromatic heterocycles. The minimum absolute atomic E-state index is 0.0949. The van der Waals surface area contributed by atoms with Gasteiger partial charge >= 0.3 is 5.00 Å². The molecule has 0 unspecified atom stereocenters. The van der Waals surface area contributed by atoms with Gasteiger partial charge in [-0.1, -0.05) is 15.9 Å². The molecule has 0 radical (unpaired) electrons. The van der Waals surface area contributed by atoms with Gasteiger partial charge < -0.3 is 5.32 Å². The molecule has 76 valence electrons. The van der Waals surface area contributed by atoms with Crippen molar-refractivity contribution in [2.24, 2.45) is 0 Å². The first-order chi connectivity index (χ1) is 6.50. The summed E-state index contributed by atoms with van der Waals surface area (Å²) in [6.45, 7) is 1.65. The quantitative estimate of drug-likeness (QED) is 0.519. The number of nitrogens with one attached hydrogen (secondary N) is 1. The van der Waals surface area contributed by atoms with Crippen LogP contribution in [-0.2, 0) is 4.79 Å². The van der Waals surface area contributed by atoms with Crippen LogP contribution in [-0.4, -0.2) is 20.6 Å². The van der Waals surface area contributed by atoms with Gasteiger partial charge in [-0.15, -0.1) is 0 Å². The van der Waals surface area contributed by atoms with E-state index in [1.807, 2.05) is 0 Å². The van der Waals surface area contributed by atoms with Gasteiger partial charge in [-0.05, 0) is 18.3 Å². The Labute approximate surface area is 91.6 Å². The highest BCUT2D eigenvalue weighted by molar-refractivity contribution is 9.10. The van der Waals surface area contributed by atoms with Crippen molar-refractivity contribution in [3.63, 3.8) is 0 Å². The van der Waals surface area contributed by atoms with Gasteiger partial charge in [0.15, 0.2) is 5.13 Å². The van der Waals surface area contributed by atoms with Crippen LogP contribution in [0.3, 0.4) is 0 Å². The Hall–Kier alpha value is -1.02. The fraction of sp³-hybridized carbons (Fsp3) is 0.333. The molecular weight excluding hydrogens is 274 g/mol. The molecule has 0 saturated carbocycles. The summed E-state index contributed by atoms with van der Waals surface area (Å²) in [7, 11) is 0. The summed E-state index contributed by atoms with van der Waals surface area (Å²) >= 11 is 3.89. The predicted octanol–water partition coefficient (Wildman–Crippen LogP) is 1.77. The summed E-state index contributed by atoms with van der Waals surface area (Å²) < 4.78 is 0. The van der Waals surface area contributed by atoms with Crippen LogP contribution in [0, 0.1) is 10.1 Å². The number of thiazole rings is 1. The number of carbonyl (C=O) groups is 1. The van der Waals surface area contributed by atoms with Gasteiger partial charge in [-0.3, -0.25) is 14.9 Å². The number of nitrogens with zero attached hydrogens (tertiary/aromatic N) is 2. The van der Waals surface area contributed by atoms with E-state index in [2.05, 4.69) is 26.2 Å². The van der Waals surface area contributed by atoms with Crippen LogP contribution in [0.2, 0.25) is 0 Å². The molecule has 0 aromatic carbocycles. The van der Waals surface area contributed by atoms with Gasteiger partial charge in [0, 0.05) is 0 Å². The third-order valence-electron chi connectivity index (χ3n) is 1.26. The van der Waals surface area contributed by atoms with Crippen LogP contribution in [0.5, 0.6) is 0 Å². The van der Waals surface area contributed by atoms with Crippen molar-refractivity contribution in [3.05, 3.63) is 16.3 Å². The van der Waals surface area contributed by atoms with E-state index in [0.29, 0.717) is 0 Å². The number of anilines is 1. The smallest absolute Gasteiger partial charge is 0.301 e. The molecule has 0 bridgehead atoms. The number of alkyl halides is 1. The van der Waals surface area contributed by atoms with E-state index in [-0.39, 0.29) is 20.9 Å². The number of halogens is 1. The number of carbonyl (C=O) groups excluding carboxylic acids is 1. The molecule has 6 nitrogen and oxygen atoms in total. The molecule has 0 aliphatic rings. The Morgan fingerprint density at radius 2 is 2.50 bits per heavy atom. The monoisotopic (exact) mass is 279 g/mol. The summed E-state index contributed by atoms with van der Waals surface area (Å²) in [6, 6.07) is 0. The van der Waals surface area contributed by atoms with Crippen LogP contribution in [0.1, 0.15) is 6.92 Å². The average Bonchev–Trinajstić information content (AvgIpc) is 2.52. The lowest BCUT2D eigenvalue weighted by Crippen LogP contribution is -2.19. The zero-order valence-corrected chi connectivity index (χ0v) is 9.46. The first-order valence-corrected chi connectivity index (χ1v) is 5.29. The maximum absolute atomic E-state index is 11.1. The maximum atomic E-state index is 11.1. The zero-order valence-electron chi connectivity index (χ0n) is 7.06. The minimum Gasteiger partial charge on any atom is -0.301 e. The molecule has 0 aliphatic heterocycles. The molecule has 0 aliphatic carbocycles. The van der Waals surface area contributed by atoms with E-state index < -0.39 is 4.92 Å². The predicted molar refractivity (Wildman–Crippen MR) is 55.8 cm³/mol. The first-order valence-electron chi connectivity index (χ1n) is 3.56. The molecule has 1 amide bonds. The highest BCUT2D eigenvalue weighted by Crippen LogP contribution is 2.25. The zero-order chi connectivity index (χ0) is 10.7. The summed E-state index contributed by atoms with van der Waals surface area (Å²) in [4.78, 5) is 24.2. The molecule has 14 heavy (non-hydrogen) atoms. The lowest BCUT2D eigenvalue weighted by atomic mass is 10.5. The van der Waals surface area contributed by atoms with Crippen LogP contribution < -0.4 is 5.32 Å². The standard InChI is InChI=1S/C6H6BrN3O3S/c1-3(7)5(11)9-6-8-2-4(14-6)10(12)13/h2-3H,1H3,(H,8,9,11)/t3-/m1/s1. The van der Waals surface area contributed by atoms with Crippen LogP contribution in [0.15, 0.2) is 6.20 Å². The largest absolute Gasteiger partial charge is 0.345 e. The normalized spacial score (nSPS) is 12.1. The van der Waals surface area contributed by atoms with E-state index >= 15 is 0 Å². The van der Waals surface area contributed by atoms with Crippen LogP contribution in [0.4, 0.5) is 10.1 Å². The summed E-state index contributed by atoms with van der Waals surface area (Å²) in [5.41, 5.74) is 0. The summed E-state index contributed by atoms with van der Waals surface area (Å²) in [6.07, 6.45) is 1.11. The van der Waals surface area contributed by atoms with Gasteiger partial charge in [-0.25, -0.2) is 4.98 Å². The molecular formula is C6H6BrN3O3S. The Balaban J connectivity index is 2.69. The topological polar surface area (TPSA) is 85.1 Å². The second-order valence-corrected chi connectivity index (χ2v) is 4.75. The second kappa shape index (κ2) is 4.47. The van der Waals surface area contributed by atoms with Crippen molar-refractivity contribution in [3.8, 4) is 0 Å². The summed E-state index contributed by atoms with van der Waals surface area (Å²) in [5, 5.41) is 12.9. The fourth-order valence-electron chi connectivity index (χ4n) is 0.613. The Bertz CT molecular complexity index is 365. The highest BCUT2D eigenvalue weighted by Gasteiger charge is 2.15. The fourth-order valence-corrected chi connectivity index (χ4v) is 1.36. The highest BCUT2D eigenvalue weighted by atomic mass is 79.9. The van der Waals surface area contributed by atoms with Crippen LogP contribution in [0.25, 0.3) is 0 Å². The van der Waals surface area contributed by atoms with Crippen molar-refractivity contribution in [2.45, 2.75) is 11.8 Å². The van der Waals surface area contributed by atoms with Gasteiger partial charge in [0.1, 0.15) is 6.20 Å². The number of aromatic nitrogens is 1. The van der Waals surface area contributed by atoms with Gasteiger partial charge in [-0.2, -0.15) is 0 Å². The van der Waals surface area contributed by atoms with E-state index in [1.165, 1.54) is 0 Å². The van der Waals surface area contributed by atoms with E-state index in [9.17, 15) is 14.9 Å². The third kappa shape index (κ3) is 2.74. The lowest BCUT2D eigenvalue weighted by Gasteiger charge is -2.00. The molecule has 1 aromatic rings. The second-order valence-electron chi connectivity index (χ2n) is 2.37. The van der Waals surface area contributed by atoms with Gasteiger partial charge in [0.05, 0.1) is 9.75 Å². The number of amides is 1. The van der Waals surface area contributed by atoms with Gasteiger partial charge in [0.25, 0.3) is 0 Å². The average molecular weight is 280 g/mol. The molecule has 1 heterocycles. The molecule has 0 fully saturated rings. The number of hydrogen-bond acceptors (Lipinski definition) is 5. The van der Waals surface area contributed by atoms with Crippen molar-refractivity contribution in [1.29, 1.82) is 0 Å². The van der Waals surface area contributed by atoms with Crippen molar-refractivity contribution in [1.82, 2.24) is 4.98 Å². The third-order valence-corrected chi connectivity index (χ3v) is 2.55. The molecule has 0 spiro atoms. The summed E-state index contributed by atoms with van der Waals surface area (Å²) in [5.74, 6) is -0.283. The van der Waals surface area contributed by atoms with E-state index in [1.54, 1.807) is 6.92 Å². The van der Waals surface area contributed by atoms with Crippen molar-refractivity contribution in [2.75, 3.05) is 5.32 Å². The van der Waals surface area contributed by atoms with Crippen molar-refractivity contribution < 1.29 is 9.72 Å².